The third-order valence-corrected chi connectivity index (χ3v) is 3.37. The molecule has 0 atom stereocenters. The maximum Gasteiger partial charge on any atom is 0.344 e. The summed E-state index contributed by atoms with van der Waals surface area (Å²) in [7, 11) is 0. The number of nitrogen functional groups attached to an aromatic ring is 2. The zero-order valence-corrected chi connectivity index (χ0v) is 12.4. The van der Waals surface area contributed by atoms with E-state index in [1.807, 2.05) is 6.07 Å². The number of anilines is 2. The number of ether oxygens (including phenoxy) is 1. The van der Waals surface area contributed by atoms with Crippen LogP contribution in [0.25, 0.3) is 16.6 Å². The first-order chi connectivity index (χ1) is 11.0. The number of carbonyl (C=O) groups is 1. The van der Waals surface area contributed by atoms with Crippen LogP contribution >= 0.6 is 0 Å². The van der Waals surface area contributed by atoms with Gasteiger partial charge < -0.3 is 21.2 Å². The first kappa shape index (κ1) is 14.6. The molecule has 23 heavy (non-hydrogen) atoms. The van der Waals surface area contributed by atoms with Crippen LogP contribution in [0.4, 0.5) is 11.6 Å². The summed E-state index contributed by atoms with van der Waals surface area (Å²) in [5.41, 5.74) is 12.1. The van der Waals surface area contributed by atoms with Crippen molar-refractivity contribution in [3.05, 3.63) is 46.2 Å². The zero-order valence-electron chi connectivity index (χ0n) is 12.4. The van der Waals surface area contributed by atoms with Crippen LogP contribution in [0.15, 0.2) is 35.1 Å². The van der Waals surface area contributed by atoms with Crippen molar-refractivity contribution in [2.45, 2.75) is 6.92 Å². The number of nitrogens with zero attached hydrogens (tertiary/aromatic N) is 2. The first-order valence-corrected chi connectivity index (χ1v) is 6.97. The Kier molecular flexibility index (Phi) is 3.49. The summed E-state index contributed by atoms with van der Waals surface area (Å²) in [4.78, 5) is 26.9. The average Bonchev–Trinajstić information content (AvgIpc) is 2.86. The highest BCUT2D eigenvalue weighted by Gasteiger charge is 2.24. The van der Waals surface area contributed by atoms with Gasteiger partial charge in [0, 0.05) is 0 Å². The minimum atomic E-state index is -0.650. The van der Waals surface area contributed by atoms with E-state index >= 15 is 0 Å². The maximum atomic E-state index is 12.3. The SMILES string of the molecule is CCOC(=O)c1c(N)[nH]c(=O)c2c(N)nn(-c3ccccc3)c12. The normalized spacial score (nSPS) is 10.8. The molecule has 3 aromatic rings. The van der Waals surface area contributed by atoms with Gasteiger partial charge in [0.2, 0.25) is 0 Å². The maximum absolute atomic E-state index is 12.3. The molecule has 0 aliphatic carbocycles. The minimum Gasteiger partial charge on any atom is -0.462 e. The number of para-hydroxylation sites is 1. The molecule has 3 rings (SSSR count). The molecule has 8 heteroatoms. The van der Waals surface area contributed by atoms with Gasteiger partial charge in [-0.05, 0) is 19.1 Å². The molecule has 2 heterocycles. The number of aromatic nitrogens is 3. The molecule has 0 aliphatic rings. The molecule has 0 unspecified atom stereocenters. The van der Waals surface area contributed by atoms with E-state index in [-0.39, 0.29) is 34.7 Å². The number of carbonyl (C=O) groups excluding carboxylic acids is 1. The molecule has 0 fully saturated rings. The summed E-state index contributed by atoms with van der Waals surface area (Å²) in [6, 6.07) is 9.00. The van der Waals surface area contributed by atoms with Crippen molar-refractivity contribution in [1.82, 2.24) is 14.8 Å². The number of hydrogen-bond donors (Lipinski definition) is 3. The lowest BCUT2D eigenvalue weighted by Gasteiger charge is -2.09. The monoisotopic (exact) mass is 313 g/mol. The summed E-state index contributed by atoms with van der Waals surface area (Å²) >= 11 is 0. The first-order valence-electron chi connectivity index (χ1n) is 6.97. The standard InChI is InChI=1S/C15H15N5O3/c1-2-23-15(22)10-11-9(14(21)18-12(10)16)13(17)19-20(11)8-6-4-3-5-7-8/h3-7H,2H2,1H3,(H2,17,19)(H3,16,18,21). The Morgan fingerprint density at radius 3 is 2.65 bits per heavy atom. The lowest BCUT2D eigenvalue weighted by Crippen LogP contribution is -2.18. The molecule has 8 nitrogen and oxygen atoms in total. The number of esters is 1. The predicted octanol–water partition coefficient (Wildman–Crippen LogP) is 1.05. The zero-order chi connectivity index (χ0) is 16.6. The number of aromatic amines is 1. The van der Waals surface area contributed by atoms with E-state index < -0.39 is 11.5 Å². The molecule has 0 radical (unpaired) electrons. The van der Waals surface area contributed by atoms with Gasteiger partial charge in [-0.1, -0.05) is 18.2 Å². The molecule has 118 valence electrons. The van der Waals surface area contributed by atoms with Gasteiger partial charge in [0.25, 0.3) is 5.56 Å². The smallest absolute Gasteiger partial charge is 0.344 e. The van der Waals surface area contributed by atoms with Gasteiger partial charge in [-0.15, -0.1) is 5.10 Å². The van der Waals surface area contributed by atoms with E-state index in [1.54, 1.807) is 31.2 Å². The molecule has 0 saturated carbocycles. The molecular weight excluding hydrogens is 298 g/mol. The van der Waals surface area contributed by atoms with E-state index in [2.05, 4.69) is 10.1 Å². The van der Waals surface area contributed by atoms with Crippen LogP contribution in [0.1, 0.15) is 17.3 Å². The molecule has 0 spiro atoms. The van der Waals surface area contributed by atoms with Crippen molar-refractivity contribution < 1.29 is 9.53 Å². The molecule has 0 saturated heterocycles. The predicted molar refractivity (Wildman–Crippen MR) is 86.5 cm³/mol. The van der Waals surface area contributed by atoms with Crippen molar-refractivity contribution in [1.29, 1.82) is 0 Å². The Hall–Kier alpha value is -3.29. The van der Waals surface area contributed by atoms with Gasteiger partial charge in [0.1, 0.15) is 22.3 Å². The third-order valence-electron chi connectivity index (χ3n) is 3.37. The molecule has 5 N–H and O–H groups in total. The Balaban J connectivity index is 2.43. The number of benzene rings is 1. The van der Waals surface area contributed by atoms with E-state index in [1.165, 1.54) is 4.68 Å². The Bertz CT molecular complexity index is 943. The summed E-state index contributed by atoms with van der Waals surface area (Å²) < 4.78 is 6.45. The van der Waals surface area contributed by atoms with Crippen molar-refractivity contribution in [2.24, 2.45) is 0 Å². The van der Waals surface area contributed by atoms with Gasteiger partial charge >= 0.3 is 5.97 Å². The van der Waals surface area contributed by atoms with E-state index in [0.29, 0.717) is 5.69 Å². The quantitative estimate of drug-likeness (QED) is 0.620. The number of fused-ring (bicyclic) bond motifs is 1. The largest absolute Gasteiger partial charge is 0.462 e. The fourth-order valence-electron chi connectivity index (χ4n) is 2.43. The highest BCUT2D eigenvalue weighted by molar-refractivity contribution is 6.09. The van der Waals surface area contributed by atoms with Crippen LogP contribution in [0.5, 0.6) is 0 Å². The number of nitrogens with two attached hydrogens (primary N) is 2. The Morgan fingerprint density at radius 1 is 1.30 bits per heavy atom. The van der Waals surface area contributed by atoms with Crippen LogP contribution in [0.3, 0.4) is 0 Å². The number of H-pyrrole nitrogens is 1. The van der Waals surface area contributed by atoms with Crippen molar-refractivity contribution in [3.63, 3.8) is 0 Å². The lowest BCUT2D eigenvalue weighted by molar-refractivity contribution is 0.0529. The van der Waals surface area contributed by atoms with Crippen molar-refractivity contribution in [3.8, 4) is 5.69 Å². The minimum absolute atomic E-state index is 0.00986. The Morgan fingerprint density at radius 2 is 2.00 bits per heavy atom. The van der Waals surface area contributed by atoms with Crippen LogP contribution < -0.4 is 17.0 Å². The molecule has 0 amide bonds. The van der Waals surface area contributed by atoms with Crippen LogP contribution in [-0.2, 0) is 4.74 Å². The van der Waals surface area contributed by atoms with Gasteiger partial charge in [0.15, 0.2) is 5.82 Å². The highest BCUT2D eigenvalue weighted by Crippen LogP contribution is 2.27. The number of nitrogens with one attached hydrogen (secondary N) is 1. The fourth-order valence-corrected chi connectivity index (χ4v) is 2.43. The third kappa shape index (κ3) is 2.30. The number of pyridine rings is 1. The molecule has 0 bridgehead atoms. The van der Waals surface area contributed by atoms with Gasteiger partial charge in [-0.2, -0.15) is 0 Å². The van der Waals surface area contributed by atoms with Crippen molar-refractivity contribution >= 4 is 28.5 Å². The van der Waals surface area contributed by atoms with Crippen LogP contribution in [-0.4, -0.2) is 27.3 Å². The number of hydrogen-bond acceptors (Lipinski definition) is 6. The second-order valence-corrected chi connectivity index (χ2v) is 4.82. The molecular formula is C15H15N5O3. The summed E-state index contributed by atoms with van der Waals surface area (Å²) in [6.07, 6.45) is 0. The van der Waals surface area contributed by atoms with Gasteiger partial charge in [-0.25, -0.2) is 9.48 Å². The molecule has 1 aromatic carbocycles. The van der Waals surface area contributed by atoms with E-state index in [9.17, 15) is 9.59 Å². The van der Waals surface area contributed by atoms with E-state index in [0.717, 1.165) is 0 Å². The number of rotatable bonds is 3. The average molecular weight is 313 g/mol. The second-order valence-electron chi connectivity index (χ2n) is 4.82. The second kappa shape index (κ2) is 5.48. The summed E-state index contributed by atoms with van der Waals surface area (Å²) in [6.45, 7) is 1.85. The fraction of sp³-hybridized carbons (Fsp3) is 0.133. The van der Waals surface area contributed by atoms with Crippen LogP contribution in [0, 0.1) is 0 Å². The summed E-state index contributed by atoms with van der Waals surface area (Å²) in [5.74, 6) is -0.725. The van der Waals surface area contributed by atoms with E-state index in [4.69, 9.17) is 16.2 Å². The van der Waals surface area contributed by atoms with Crippen molar-refractivity contribution in [2.75, 3.05) is 18.1 Å². The van der Waals surface area contributed by atoms with Gasteiger partial charge in [-0.3, -0.25) is 4.79 Å². The van der Waals surface area contributed by atoms with Gasteiger partial charge in [0.05, 0.1) is 12.3 Å². The highest BCUT2D eigenvalue weighted by atomic mass is 16.5. The summed E-state index contributed by atoms with van der Waals surface area (Å²) in [5, 5.41) is 4.28. The lowest BCUT2D eigenvalue weighted by atomic mass is 10.1. The molecule has 2 aromatic heterocycles. The Labute approximate surface area is 130 Å². The topological polar surface area (TPSA) is 129 Å². The van der Waals surface area contributed by atoms with Crippen LogP contribution in [0.2, 0.25) is 0 Å². The molecule has 0 aliphatic heterocycles.